The van der Waals surface area contributed by atoms with E-state index in [0.29, 0.717) is 16.9 Å². The summed E-state index contributed by atoms with van der Waals surface area (Å²) in [5.41, 5.74) is 2.57. The van der Waals surface area contributed by atoms with Crippen molar-refractivity contribution in [3.8, 4) is 0 Å². The molecule has 0 aromatic carbocycles. The molecule has 1 atom stereocenters. The normalized spacial score (nSPS) is 20.0. The quantitative estimate of drug-likeness (QED) is 0.693. The van der Waals surface area contributed by atoms with E-state index in [1.807, 2.05) is 6.08 Å². The summed E-state index contributed by atoms with van der Waals surface area (Å²) in [4.78, 5) is 29.1. The molecule has 0 radical (unpaired) electrons. The van der Waals surface area contributed by atoms with Crippen LogP contribution in [0.25, 0.3) is 5.65 Å². The van der Waals surface area contributed by atoms with Crippen LogP contribution in [0.15, 0.2) is 28.7 Å². The monoisotopic (exact) mass is 329 g/mol. The van der Waals surface area contributed by atoms with Crippen molar-refractivity contribution in [3.63, 3.8) is 0 Å². The third-order valence-corrected chi connectivity index (χ3v) is 4.43. The molecule has 0 saturated carbocycles. The Bertz CT molecular complexity index is 873. The number of nitrogens with one attached hydrogen (secondary N) is 1. The smallest absolute Gasteiger partial charge is 0.311 e. The molecule has 2 aromatic rings. The number of aromatic nitrogens is 3. The van der Waals surface area contributed by atoms with E-state index in [2.05, 4.69) is 30.9 Å². The van der Waals surface area contributed by atoms with Crippen molar-refractivity contribution < 1.29 is 9.53 Å². The van der Waals surface area contributed by atoms with Crippen molar-refractivity contribution in [3.05, 3.63) is 45.5 Å². The Balaban J connectivity index is 1.78. The molecule has 128 valence electrons. The summed E-state index contributed by atoms with van der Waals surface area (Å²) in [5.74, 6) is -0.393. The van der Waals surface area contributed by atoms with Crippen LogP contribution >= 0.6 is 0 Å². The van der Waals surface area contributed by atoms with Gasteiger partial charge in [0.1, 0.15) is 6.10 Å². The number of esters is 1. The fourth-order valence-corrected chi connectivity index (χ4v) is 3.55. The fourth-order valence-electron chi connectivity index (χ4n) is 3.55. The van der Waals surface area contributed by atoms with Gasteiger partial charge in [-0.3, -0.25) is 14.7 Å². The Morgan fingerprint density at radius 2 is 2.21 bits per heavy atom. The van der Waals surface area contributed by atoms with Crippen LogP contribution in [-0.4, -0.2) is 26.7 Å². The molecule has 0 saturated heterocycles. The molecule has 0 aliphatic heterocycles. The van der Waals surface area contributed by atoms with Gasteiger partial charge in [0.2, 0.25) is 0 Å². The van der Waals surface area contributed by atoms with Gasteiger partial charge in [-0.1, -0.05) is 19.4 Å². The predicted octanol–water partition coefficient (Wildman–Crippen LogP) is 2.55. The highest BCUT2D eigenvalue weighted by atomic mass is 16.5. The number of rotatable bonds is 3. The molecular formula is C18H23N3O3. The first kappa shape index (κ1) is 16.5. The van der Waals surface area contributed by atoms with E-state index in [0.717, 1.165) is 12.8 Å². The standard InChI is InChI=1S/C18H23N3O3/c1-11-7-13(10-18(3,4)9-11)24-16(22)8-14-12(2)20-15-5-6-19-21(15)17(14)23/h5-7,13,19H,8-10H2,1-4H3. The number of carbonyl (C=O) groups excluding carboxylic acids is 1. The van der Waals surface area contributed by atoms with Gasteiger partial charge in [0.05, 0.1) is 12.0 Å². The van der Waals surface area contributed by atoms with Crippen molar-refractivity contribution in [1.29, 1.82) is 0 Å². The summed E-state index contributed by atoms with van der Waals surface area (Å²) in [6.45, 7) is 8.14. The number of ether oxygens (including phenoxy) is 1. The summed E-state index contributed by atoms with van der Waals surface area (Å²) in [7, 11) is 0. The molecule has 0 bridgehead atoms. The van der Waals surface area contributed by atoms with E-state index >= 15 is 0 Å². The molecule has 2 heterocycles. The predicted molar refractivity (Wildman–Crippen MR) is 90.9 cm³/mol. The highest BCUT2D eigenvalue weighted by Crippen LogP contribution is 2.36. The lowest BCUT2D eigenvalue weighted by Crippen LogP contribution is -2.30. The maximum absolute atomic E-state index is 12.5. The van der Waals surface area contributed by atoms with Crippen LogP contribution < -0.4 is 5.56 Å². The minimum absolute atomic E-state index is 0.0660. The fraction of sp³-hybridized carbons (Fsp3) is 0.500. The summed E-state index contributed by atoms with van der Waals surface area (Å²) in [6.07, 6.45) is 5.16. The number of nitrogens with zero attached hydrogens (tertiary/aromatic N) is 2. The summed E-state index contributed by atoms with van der Waals surface area (Å²) in [5, 5.41) is 2.81. The molecule has 0 fully saturated rings. The van der Waals surface area contributed by atoms with Gasteiger partial charge < -0.3 is 4.74 Å². The molecule has 3 rings (SSSR count). The van der Waals surface area contributed by atoms with Gasteiger partial charge in [-0.25, -0.2) is 9.50 Å². The molecule has 1 aliphatic rings. The number of hydrogen-bond donors (Lipinski definition) is 1. The number of hydrogen-bond acceptors (Lipinski definition) is 4. The topological polar surface area (TPSA) is 76.5 Å². The molecule has 1 N–H and O–H groups in total. The van der Waals surface area contributed by atoms with E-state index in [1.54, 1.807) is 19.2 Å². The Morgan fingerprint density at radius 1 is 1.46 bits per heavy atom. The highest BCUT2D eigenvalue weighted by molar-refractivity contribution is 5.73. The van der Waals surface area contributed by atoms with Crippen LogP contribution in [0.1, 0.15) is 44.9 Å². The highest BCUT2D eigenvalue weighted by Gasteiger charge is 2.29. The third kappa shape index (κ3) is 3.27. The van der Waals surface area contributed by atoms with E-state index in [-0.39, 0.29) is 23.5 Å². The lowest BCUT2D eigenvalue weighted by molar-refractivity contribution is -0.147. The van der Waals surface area contributed by atoms with Gasteiger partial charge in [-0.05, 0) is 38.2 Å². The van der Waals surface area contributed by atoms with E-state index in [9.17, 15) is 9.59 Å². The van der Waals surface area contributed by atoms with Crippen molar-refractivity contribution in [2.45, 2.75) is 53.1 Å². The van der Waals surface area contributed by atoms with E-state index < -0.39 is 5.97 Å². The van der Waals surface area contributed by atoms with Crippen molar-refractivity contribution in [2.24, 2.45) is 5.41 Å². The number of aryl methyl sites for hydroxylation is 1. The van der Waals surface area contributed by atoms with Crippen molar-refractivity contribution in [1.82, 2.24) is 14.6 Å². The van der Waals surface area contributed by atoms with Crippen LogP contribution in [0, 0.1) is 12.3 Å². The summed E-state index contributed by atoms with van der Waals surface area (Å²) >= 11 is 0. The Kier molecular flexibility index (Phi) is 4.07. The number of fused-ring (bicyclic) bond motifs is 1. The van der Waals surface area contributed by atoms with Crippen LogP contribution in [-0.2, 0) is 16.0 Å². The molecule has 6 nitrogen and oxygen atoms in total. The van der Waals surface area contributed by atoms with Gasteiger partial charge >= 0.3 is 5.97 Å². The Hall–Kier alpha value is -2.37. The van der Waals surface area contributed by atoms with Crippen LogP contribution in [0.4, 0.5) is 0 Å². The van der Waals surface area contributed by atoms with Gasteiger partial charge in [0.25, 0.3) is 5.56 Å². The molecule has 6 heteroatoms. The zero-order chi connectivity index (χ0) is 17.5. The first-order chi connectivity index (χ1) is 11.2. The van der Waals surface area contributed by atoms with Gasteiger partial charge in [-0.2, -0.15) is 0 Å². The van der Waals surface area contributed by atoms with Gasteiger partial charge in [-0.15, -0.1) is 0 Å². The van der Waals surface area contributed by atoms with Crippen LogP contribution in [0.5, 0.6) is 0 Å². The van der Waals surface area contributed by atoms with Crippen LogP contribution in [0.3, 0.4) is 0 Å². The first-order valence-corrected chi connectivity index (χ1v) is 8.17. The summed E-state index contributed by atoms with van der Waals surface area (Å²) in [6, 6.07) is 1.72. The maximum atomic E-state index is 12.5. The minimum Gasteiger partial charge on any atom is -0.458 e. The second-order valence-electron chi connectivity index (χ2n) is 7.40. The first-order valence-electron chi connectivity index (χ1n) is 8.17. The maximum Gasteiger partial charge on any atom is 0.311 e. The SMILES string of the molecule is CC1=CC(OC(=O)Cc2c(C)nc3cc[nH]n3c2=O)CC(C)(C)C1. The Labute approximate surface area is 140 Å². The third-order valence-electron chi connectivity index (χ3n) is 4.43. The zero-order valence-electron chi connectivity index (χ0n) is 14.5. The average molecular weight is 329 g/mol. The lowest BCUT2D eigenvalue weighted by atomic mass is 9.76. The largest absolute Gasteiger partial charge is 0.458 e. The second kappa shape index (κ2) is 5.92. The summed E-state index contributed by atoms with van der Waals surface area (Å²) < 4.78 is 6.94. The molecule has 2 aromatic heterocycles. The molecule has 0 amide bonds. The van der Waals surface area contributed by atoms with Crippen molar-refractivity contribution in [2.75, 3.05) is 0 Å². The molecule has 24 heavy (non-hydrogen) atoms. The lowest BCUT2D eigenvalue weighted by Gasteiger charge is -2.33. The second-order valence-corrected chi connectivity index (χ2v) is 7.40. The minimum atomic E-state index is -0.393. The molecule has 1 aliphatic carbocycles. The van der Waals surface area contributed by atoms with Crippen LogP contribution in [0.2, 0.25) is 0 Å². The number of H-pyrrole nitrogens is 1. The van der Waals surface area contributed by atoms with E-state index in [1.165, 1.54) is 10.1 Å². The van der Waals surface area contributed by atoms with E-state index in [4.69, 9.17) is 4.74 Å². The average Bonchev–Trinajstić information content (AvgIpc) is 2.89. The molecular weight excluding hydrogens is 306 g/mol. The molecule has 0 spiro atoms. The Morgan fingerprint density at radius 3 is 2.92 bits per heavy atom. The number of aromatic amines is 1. The van der Waals surface area contributed by atoms with Crippen molar-refractivity contribution >= 4 is 11.6 Å². The van der Waals surface area contributed by atoms with Gasteiger partial charge in [0.15, 0.2) is 5.65 Å². The number of carbonyl (C=O) groups is 1. The van der Waals surface area contributed by atoms with Gasteiger partial charge in [0, 0.05) is 18.0 Å². The molecule has 1 unspecified atom stereocenters. The number of allylic oxidation sites excluding steroid dienone is 1. The zero-order valence-corrected chi connectivity index (χ0v) is 14.5.